The van der Waals surface area contributed by atoms with Crippen molar-refractivity contribution in [2.75, 3.05) is 44.7 Å². The number of hydrogen-bond donors (Lipinski definition) is 5. The van der Waals surface area contributed by atoms with Crippen molar-refractivity contribution in [3.8, 4) is 5.75 Å². The zero-order valence-corrected chi connectivity index (χ0v) is 20.2. The molecule has 2 aliphatic rings. The Morgan fingerprint density at radius 3 is 2.31 bits per heavy atom. The Hall–Kier alpha value is -2.31. The highest BCUT2D eigenvalue weighted by Gasteiger charge is 2.46. The van der Waals surface area contributed by atoms with E-state index in [1.807, 2.05) is 11.9 Å². The number of nitrogens with zero attached hydrogens (tertiary/aromatic N) is 3. The number of anilines is 1. The van der Waals surface area contributed by atoms with E-state index < -0.39 is 62.4 Å². The average Bonchev–Trinajstić information content (AvgIpc) is 2.73. The monoisotopic (exact) mass is 535 g/mol. The van der Waals surface area contributed by atoms with Crippen LogP contribution in [-0.4, -0.2) is 85.4 Å². The van der Waals surface area contributed by atoms with Gasteiger partial charge in [0.15, 0.2) is 17.0 Å². The summed E-state index contributed by atoms with van der Waals surface area (Å²) in [7, 11) is -8.68. The molecular weight excluding hydrogens is 511 g/mol. The van der Waals surface area contributed by atoms with Gasteiger partial charge in [-0.15, -0.1) is 0 Å². The van der Waals surface area contributed by atoms with Crippen molar-refractivity contribution in [3.05, 3.63) is 33.9 Å². The standard InChI is InChI=1S/C19H24FN3O10P2/c1-21-2-4-22(5-3-21)16-13(20)7-11-15-18(16)33-9-10(6-14(34(27,28)29)35(30,31)32)23(15)8-12(17(11)24)19(25)26/h7-8,10,14H,2-6,9H2,1H3,(H,25,26)(H2,27,28,29)(H2,30,31,32). The normalized spacial score (nSPS) is 19.3. The number of rotatable bonds is 6. The number of carbonyl (C=O) groups is 1. The molecule has 1 saturated heterocycles. The van der Waals surface area contributed by atoms with Crippen LogP contribution < -0.4 is 15.1 Å². The van der Waals surface area contributed by atoms with Crippen molar-refractivity contribution in [2.24, 2.45) is 0 Å². The van der Waals surface area contributed by atoms with Gasteiger partial charge in [-0.2, -0.15) is 0 Å². The minimum absolute atomic E-state index is 0.0123. The van der Waals surface area contributed by atoms with Crippen LogP contribution in [0.3, 0.4) is 0 Å². The van der Waals surface area contributed by atoms with Gasteiger partial charge in [-0.1, -0.05) is 0 Å². The summed E-state index contributed by atoms with van der Waals surface area (Å²) in [5, 5.41) is 6.80. The molecule has 0 radical (unpaired) electrons. The number of benzene rings is 1. The molecule has 1 atom stereocenters. The average molecular weight is 535 g/mol. The van der Waals surface area contributed by atoms with Crippen LogP contribution in [0, 0.1) is 5.82 Å². The topological polar surface area (TPSA) is 190 Å². The highest BCUT2D eigenvalue weighted by molar-refractivity contribution is 7.70. The third kappa shape index (κ3) is 4.75. The number of likely N-dealkylation sites (N-methyl/N-ethyl adjacent to an activating group) is 1. The molecule has 0 aliphatic carbocycles. The van der Waals surface area contributed by atoms with E-state index in [-0.39, 0.29) is 22.3 Å². The molecule has 0 saturated carbocycles. The number of hydrogen-bond acceptors (Lipinski definition) is 7. The Kier molecular flexibility index (Phi) is 6.60. The molecular formula is C19H24FN3O10P2. The molecule has 0 bridgehead atoms. The SMILES string of the molecule is CN1CCN(c2c(F)cc3c(=O)c(C(=O)O)cn4c3c2OCC4CC(P(=O)(O)O)P(=O)(O)O)CC1. The van der Waals surface area contributed by atoms with Gasteiger partial charge in [0, 0.05) is 32.4 Å². The first-order chi connectivity index (χ1) is 16.2. The Balaban J connectivity index is 1.95. The maximum Gasteiger partial charge on any atom is 0.341 e. The first-order valence-electron chi connectivity index (χ1n) is 10.5. The summed E-state index contributed by atoms with van der Waals surface area (Å²) in [4.78, 5) is 66.6. The van der Waals surface area contributed by atoms with E-state index in [0.717, 1.165) is 12.3 Å². The summed E-state index contributed by atoms with van der Waals surface area (Å²) in [5.74, 6) is -2.46. The fraction of sp³-hybridized carbons (Fsp3) is 0.474. The lowest BCUT2D eigenvalue weighted by atomic mass is 10.0. The van der Waals surface area contributed by atoms with Gasteiger partial charge in [0.05, 0.1) is 16.9 Å². The Labute approximate surface area is 197 Å². The maximum atomic E-state index is 15.3. The second-order valence-corrected chi connectivity index (χ2v) is 12.7. The van der Waals surface area contributed by atoms with E-state index in [1.54, 1.807) is 4.90 Å². The summed E-state index contributed by atoms with van der Waals surface area (Å²) in [6.07, 6.45) is 0.151. The lowest BCUT2D eigenvalue weighted by molar-refractivity contribution is 0.0694. The Bertz CT molecular complexity index is 1320. The minimum Gasteiger partial charge on any atom is -0.487 e. The molecule has 1 unspecified atom stereocenters. The van der Waals surface area contributed by atoms with Gasteiger partial charge in [-0.25, -0.2) is 9.18 Å². The number of carboxylic acid groups (broad SMARTS) is 1. The smallest absolute Gasteiger partial charge is 0.341 e. The van der Waals surface area contributed by atoms with Crippen molar-refractivity contribution < 1.29 is 47.7 Å². The number of aromatic carboxylic acids is 1. The highest BCUT2D eigenvalue weighted by Crippen LogP contribution is 2.62. The van der Waals surface area contributed by atoms with E-state index in [1.165, 1.54) is 4.57 Å². The van der Waals surface area contributed by atoms with Crippen LogP contribution in [0.4, 0.5) is 10.1 Å². The molecule has 2 aromatic rings. The summed E-state index contributed by atoms with van der Waals surface area (Å²) >= 11 is 0. The molecule has 4 rings (SSSR count). The molecule has 1 aromatic carbocycles. The zero-order valence-electron chi connectivity index (χ0n) is 18.4. The van der Waals surface area contributed by atoms with Gasteiger partial charge in [0.1, 0.15) is 17.9 Å². The summed E-state index contributed by atoms with van der Waals surface area (Å²) in [5.41, 5.74) is -1.67. The van der Waals surface area contributed by atoms with E-state index in [9.17, 15) is 43.4 Å². The lowest BCUT2D eigenvalue weighted by Gasteiger charge is -2.38. The molecule has 2 aliphatic heterocycles. The second kappa shape index (κ2) is 8.97. The summed E-state index contributed by atoms with van der Waals surface area (Å²) in [6.45, 7) is 1.72. The fourth-order valence-electron chi connectivity index (χ4n) is 4.50. The molecule has 35 heavy (non-hydrogen) atoms. The molecule has 0 spiro atoms. The molecule has 3 heterocycles. The van der Waals surface area contributed by atoms with Crippen LogP contribution in [0.2, 0.25) is 0 Å². The van der Waals surface area contributed by atoms with Crippen molar-refractivity contribution in [1.82, 2.24) is 9.47 Å². The second-order valence-electron chi connectivity index (χ2n) is 8.67. The molecule has 5 N–H and O–H groups in total. The first-order valence-corrected chi connectivity index (χ1v) is 13.9. The van der Waals surface area contributed by atoms with Crippen LogP contribution in [-0.2, 0) is 9.13 Å². The number of aromatic nitrogens is 1. The van der Waals surface area contributed by atoms with Crippen LogP contribution >= 0.6 is 15.2 Å². The van der Waals surface area contributed by atoms with E-state index in [2.05, 4.69) is 0 Å². The van der Waals surface area contributed by atoms with E-state index >= 15 is 4.39 Å². The number of ether oxygens (including phenoxy) is 1. The third-order valence-electron chi connectivity index (χ3n) is 6.32. The van der Waals surface area contributed by atoms with E-state index in [0.29, 0.717) is 26.2 Å². The number of carboxylic acids is 1. The molecule has 16 heteroatoms. The van der Waals surface area contributed by atoms with Crippen molar-refractivity contribution in [1.29, 1.82) is 0 Å². The minimum atomic E-state index is -5.29. The predicted octanol–water partition coefficient (Wildman–Crippen LogP) is 0.596. The van der Waals surface area contributed by atoms with Gasteiger partial charge in [-0.05, 0) is 19.5 Å². The fourth-order valence-corrected chi connectivity index (χ4v) is 7.10. The van der Waals surface area contributed by atoms with Gasteiger partial charge >= 0.3 is 21.2 Å². The predicted molar refractivity (Wildman–Crippen MR) is 122 cm³/mol. The molecule has 1 fully saturated rings. The third-order valence-corrected chi connectivity index (χ3v) is 10.1. The molecule has 0 amide bonds. The summed E-state index contributed by atoms with van der Waals surface area (Å²) in [6, 6.07) is -0.271. The Morgan fingerprint density at radius 1 is 1.17 bits per heavy atom. The van der Waals surface area contributed by atoms with Gasteiger partial charge in [0.2, 0.25) is 5.43 Å². The quantitative estimate of drug-likeness (QED) is 0.324. The lowest BCUT2D eigenvalue weighted by Crippen LogP contribution is -2.45. The van der Waals surface area contributed by atoms with Crippen LogP contribution in [0.15, 0.2) is 17.1 Å². The highest BCUT2D eigenvalue weighted by atomic mass is 31.2. The largest absolute Gasteiger partial charge is 0.487 e. The zero-order chi connectivity index (χ0) is 25.9. The van der Waals surface area contributed by atoms with Crippen LogP contribution in [0.25, 0.3) is 10.9 Å². The van der Waals surface area contributed by atoms with Crippen LogP contribution in [0.5, 0.6) is 5.75 Å². The van der Waals surface area contributed by atoms with Gasteiger partial charge in [-0.3, -0.25) is 13.9 Å². The van der Waals surface area contributed by atoms with Gasteiger partial charge < -0.3 is 43.8 Å². The number of piperazine rings is 1. The van der Waals surface area contributed by atoms with Crippen molar-refractivity contribution in [3.63, 3.8) is 0 Å². The number of halogens is 1. The maximum absolute atomic E-state index is 15.3. The van der Waals surface area contributed by atoms with Crippen molar-refractivity contribution in [2.45, 2.75) is 17.9 Å². The number of pyridine rings is 1. The van der Waals surface area contributed by atoms with E-state index in [4.69, 9.17) is 4.74 Å². The van der Waals surface area contributed by atoms with Crippen molar-refractivity contribution >= 4 is 37.8 Å². The Morgan fingerprint density at radius 2 is 1.77 bits per heavy atom. The molecule has 192 valence electrons. The first kappa shape index (κ1) is 25.8. The molecule has 13 nitrogen and oxygen atoms in total. The van der Waals surface area contributed by atoms with Crippen LogP contribution in [0.1, 0.15) is 22.8 Å². The molecule has 1 aromatic heterocycles. The van der Waals surface area contributed by atoms with Gasteiger partial charge in [0.25, 0.3) is 0 Å². The summed E-state index contributed by atoms with van der Waals surface area (Å²) < 4.78 is 46.0.